The van der Waals surface area contributed by atoms with Crippen molar-refractivity contribution in [3.05, 3.63) is 0 Å². The number of nitrogens with zero attached hydrogens (tertiary/aromatic N) is 1. The van der Waals surface area contributed by atoms with E-state index < -0.39 is 0 Å². The lowest BCUT2D eigenvalue weighted by Crippen LogP contribution is -2.12. The Kier molecular flexibility index (Phi) is 5.15. The van der Waals surface area contributed by atoms with Gasteiger partial charge in [0.25, 0.3) is 0 Å². The maximum Gasteiger partial charge on any atom is 0.217 e. The summed E-state index contributed by atoms with van der Waals surface area (Å²) in [6.45, 7) is 2.54. The Bertz CT molecular complexity index is 154. The summed E-state index contributed by atoms with van der Waals surface area (Å²) in [5, 5.41) is 0. The summed E-state index contributed by atoms with van der Waals surface area (Å²) < 4.78 is 0. The average molecular weight is 157 g/mol. The predicted molar refractivity (Wildman–Crippen MR) is 45.2 cm³/mol. The molecule has 0 unspecified atom stereocenters. The van der Waals surface area contributed by atoms with Crippen LogP contribution in [0.25, 0.3) is 0 Å². The van der Waals surface area contributed by atoms with Crippen LogP contribution in [0.15, 0.2) is 4.99 Å². The van der Waals surface area contributed by atoms with Crippen molar-refractivity contribution in [2.24, 2.45) is 16.5 Å². The molecule has 4 nitrogen and oxygen atoms in total. The highest BCUT2D eigenvalue weighted by atomic mass is 16.1. The van der Waals surface area contributed by atoms with E-state index in [1.807, 2.05) is 6.92 Å². The van der Waals surface area contributed by atoms with E-state index in [1.54, 1.807) is 0 Å². The van der Waals surface area contributed by atoms with E-state index in [9.17, 15) is 4.79 Å². The number of primary amides is 1. The summed E-state index contributed by atoms with van der Waals surface area (Å²) in [5.74, 6) is 0.352. The molecule has 0 fully saturated rings. The molecule has 0 aliphatic heterocycles. The van der Waals surface area contributed by atoms with E-state index in [0.717, 1.165) is 6.42 Å². The number of amides is 1. The summed E-state index contributed by atoms with van der Waals surface area (Å²) in [5.41, 5.74) is 10.3. The van der Waals surface area contributed by atoms with Crippen molar-refractivity contribution < 1.29 is 4.79 Å². The Hall–Kier alpha value is -1.06. The highest BCUT2D eigenvalue weighted by Gasteiger charge is 1.92. The molecular weight excluding hydrogens is 142 g/mol. The molecule has 0 saturated heterocycles. The Balaban J connectivity index is 3.33. The van der Waals surface area contributed by atoms with Crippen molar-refractivity contribution in [1.82, 2.24) is 0 Å². The van der Waals surface area contributed by atoms with E-state index >= 15 is 0 Å². The number of carbonyl (C=O) groups excluding carboxylic acids is 1. The monoisotopic (exact) mass is 157 g/mol. The molecule has 0 aromatic heterocycles. The van der Waals surface area contributed by atoms with Gasteiger partial charge in [0.2, 0.25) is 5.91 Å². The van der Waals surface area contributed by atoms with Crippen molar-refractivity contribution >= 4 is 11.7 Å². The Morgan fingerprint density at radius 1 is 1.45 bits per heavy atom. The second-order valence-corrected chi connectivity index (χ2v) is 2.30. The first-order valence-corrected chi connectivity index (χ1v) is 3.74. The molecule has 0 radical (unpaired) electrons. The summed E-state index contributed by atoms with van der Waals surface area (Å²) >= 11 is 0. The third-order valence-corrected chi connectivity index (χ3v) is 1.26. The molecule has 1 amide bonds. The Morgan fingerprint density at radius 3 is 2.55 bits per heavy atom. The fourth-order valence-electron chi connectivity index (χ4n) is 0.588. The van der Waals surface area contributed by atoms with Gasteiger partial charge in [-0.05, 0) is 6.42 Å². The molecule has 0 aromatic rings. The minimum atomic E-state index is -0.282. The molecule has 0 spiro atoms. The highest BCUT2D eigenvalue weighted by molar-refractivity contribution is 5.79. The zero-order valence-electron chi connectivity index (χ0n) is 6.84. The number of amidine groups is 1. The minimum absolute atomic E-state index is 0.282. The van der Waals surface area contributed by atoms with Gasteiger partial charge in [0, 0.05) is 19.4 Å². The fraction of sp³-hybridized carbons (Fsp3) is 0.714. The topological polar surface area (TPSA) is 81.5 Å². The third-order valence-electron chi connectivity index (χ3n) is 1.26. The van der Waals surface area contributed by atoms with Gasteiger partial charge in [-0.3, -0.25) is 9.79 Å². The minimum Gasteiger partial charge on any atom is -0.387 e. The highest BCUT2D eigenvalue weighted by Crippen LogP contribution is 1.88. The van der Waals surface area contributed by atoms with Crippen LogP contribution in [-0.2, 0) is 4.79 Å². The summed E-state index contributed by atoms with van der Waals surface area (Å²) in [4.78, 5) is 14.3. The van der Waals surface area contributed by atoms with Crippen molar-refractivity contribution in [2.45, 2.75) is 26.2 Å². The molecule has 0 aliphatic rings. The fourth-order valence-corrected chi connectivity index (χ4v) is 0.588. The van der Waals surface area contributed by atoms with Crippen LogP contribution < -0.4 is 11.5 Å². The number of hydrogen-bond acceptors (Lipinski definition) is 2. The number of nitrogens with two attached hydrogens (primary N) is 2. The maximum absolute atomic E-state index is 10.3. The van der Waals surface area contributed by atoms with Gasteiger partial charge in [0.1, 0.15) is 0 Å². The smallest absolute Gasteiger partial charge is 0.217 e. The lowest BCUT2D eigenvalue weighted by atomic mass is 10.3. The zero-order valence-corrected chi connectivity index (χ0v) is 6.84. The SMILES string of the molecule is CCC(N)=NCCCC(N)=O. The number of rotatable bonds is 5. The normalized spacial score (nSPS) is 11.5. The van der Waals surface area contributed by atoms with Crippen LogP contribution in [0.2, 0.25) is 0 Å². The van der Waals surface area contributed by atoms with Crippen LogP contribution >= 0.6 is 0 Å². The number of hydrogen-bond donors (Lipinski definition) is 2. The molecule has 0 saturated carbocycles. The maximum atomic E-state index is 10.3. The third kappa shape index (κ3) is 6.83. The first kappa shape index (κ1) is 9.94. The Labute approximate surface area is 66.7 Å². The lowest BCUT2D eigenvalue weighted by molar-refractivity contribution is -0.118. The first-order valence-electron chi connectivity index (χ1n) is 3.74. The Morgan fingerprint density at radius 2 is 2.09 bits per heavy atom. The lowest BCUT2D eigenvalue weighted by Gasteiger charge is -1.95. The summed E-state index contributed by atoms with van der Waals surface area (Å²) in [6.07, 6.45) is 1.84. The van der Waals surface area contributed by atoms with Crippen LogP contribution in [0.4, 0.5) is 0 Å². The van der Waals surface area contributed by atoms with E-state index in [0.29, 0.717) is 25.2 Å². The van der Waals surface area contributed by atoms with Crippen molar-refractivity contribution in [3.8, 4) is 0 Å². The molecular formula is C7H15N3O. The van der Waals surface area contributed by atoms with Crippen molar-refractivity contribution in [3.63, 3.8) is 0 Å². The quantitative estimate of drug-likeness (QED) is 0.335. The second-order valence-electron chi connectivity index (χ2n) is 2.30. The molecule has 64 valence electrons. The molecule has 0 rings (SSSR count). The number of aliphatic imine (C=N–C) groups is 1. The molecule has 4 heteroatoms. The molecule has 0 heterocycles. The van der Waals surface area contributed by atoms with Crippen LogP contribution in [0.1, 0.15) is 26.2 Å². The second kappa shape index (κ2) is 5.70. The van der Waals surface area contributed by atoms with Gasteiger partial charge in [-0.1, -0.05) is 6.92 Å². The first-order chi connectivity index (χ1) is 5.16. The zero-order chi connectivity index (χ0) is 8.69. The van der Waals surface area contributed by atoms with Crippen LogP contribution in [-0.4, -0.2) is 18.3 Å². The molecule has 0 atom stereocenters. The van der Waals surface area contributed by atoms with Crippen molar-refractivity contribution in [2.75, 3.05) is 6.54 Å². The van der Waals surface area contributed by atoms with Gasteiger partial charge >= 0.3 is 0 Å². The number of carbonyl (C=O) groups is 1. The summed E-state index contributed by atoms with van der Waals surface area (Å²) in [6, 6.07) is 0. The molecule has 0 aliphatic carbocycles. The van der Waals surface area contributed by atoms with Gasteiger partial charge in [0.15, 0.2) is 0 Å². The van der Waals surface area contributed by atoms with Gasteiger partial charge in [-0.15, -0.1) is 0 Å². The van der Waals surface area contributed by atoms with Gasteiger partial charge in [-0.2, -0.15) is 0 Å². The van der Waals surface area contributed by atoms with E-state index in [1.165, 1.54) is 0 Å². The molecule has 11 heavy (non-hydrogen) atoms. The van der Waals surface area contributed by atoms with Crippen LogP contribution in [0, 0.1) is 0 Å². The van der Waals surface area contributed by atoms with Gasteiger partial charge in [0.05, 0.1) is 5.84 Å². The summed E-state index contributed by atoms with van der Waals surface area (Å²) in [7, 11) is 0. The largest absolute Gasteiger partial charge is 0.387 e. The van der Waals surface area contributed by atoms with Crippen molar-refractivity contribution in [1.29, 1.82) is 0 Å². The van der Waals surface area contributed by atoms with Gasteiger partial charge < -0.3 is 11.5 Å². The average Bonchev–Trinajstić information content (AvgIpc) is 1.97. The standard InChI is InChI=1S/C7H15N3O/c1-2-6(8)10-5-3-4-7(9)11/h2-5H2,1H3,(H2,8,10)(H2,9,11). The van der Waals surface area contributed by atoms with Crippen LogP contribution in [0.3, 0.4) is 0 Å². The van der Waals surface area contributed by atoms with E-state index in [-0.39, 0.29) is 5.91 Å². The van der Waals surface area contributed by atoms with E-state index in [4.69, 9.17) is 11.5 Å². The van der Waals surface area contributed by atoms with Gasteiger partial charge in [-0.25, -0.2) is 0 Å². The molecule has 0 aromatic carbocycles. The predicted octanol–water partition coefficient (Wildman–Crippen LogP) is 0.0191. The van der Waals surface area contributed by atoms with Crippen LogP contribution in [0.5, 0.6) is 0 Å². The molecule has 4 N–H and O–H groups in total. The van der Waals surface area contributed by atoms with E-state index in [2.05, 4.69) is 4.99 Å². The molecule has 0 bridgehead atoms.